The highest BCUT2D eigenvalue weighted by atomic mass is 16.4. The third kappa shape index (κ3) is 1.69. The second kappa shape index (κ2) is 3.31. The summed E-state index contributed by atoms with van der Waals surface area (Å²) in [4.78, 5) is 11.9. The molecule has 0 aromatic heterocycles. The van der Waals surface area contributed by atoms with Crippen molar-refractivity contribution < 1.29 is 9.90 Å². The summed E-state index contributed by atoms with van der Waals surface area (Å²) >= 11 is 0. The van der Waals surface area contributed by atoms with Gasteiger partial charge in [-0.3, -0.25) is 4.90 Å². The highest BCUT2D eigenvalue weighted by molar-refractivity contribution is 5.65. The van der Waals surface area contributed by atoms with Crippen molar-refractivity contribution >= 4 is 6.09 Å². The molecule has 0 aliphatic heterocycles. The molecule has 0 unspecified atom stereocenters. The number of carbonyl (C=O) groups is 1. The zero-order valence-corrected chi connectivity index (χ0v) is 7.42. The number of hydrogen-bond donors (Lipinski definition) is 2. The van der Waals surface area contributed by atoms with Gasteiger partial charge in [-0.2, -0.15) is 0 Å². The number of amides is 1. The maximum absolute atomic E-state index is 10.6. The Hall–Kier alpha value is -0.770. The first-order valence-electron chi connectivity index (χ1n) is 4.32. The van der Waals surface area contributed by atoms with E-state index in [9.17, 15) is 4.79 Å². The smallest absolute Gasteiger partial charge is 0.408 e. The van der Waals surface area contributed by atoms with Crippen molar-refractivity contribution in [2.24, 2.45) is 5.73 Å². The first-order chi connectivity index (χ1) is 5.56. The van der Waals surface area contributed by atoms with Crippen LogP contribution in [-0.2, 0) is 0 Å². The van der Waals surface area contributed by atoms with Gasteiger partial charge in [0.2, 0.25) is 0 Å². The van der Waals surface area contributed by atoms with Crippen molar-refractivity contribution in [3.8, 4) is 0 Å². The summed E-state index contributed by atoms with van der Waals surface area (Å²) in [5.74, 6) is 0. The third-order valence-corrected chi connectivity index (χ3v) is 2.67. The Morgan fingerprint density at radius 1 is 1.42 bits per heavy atom. The molecule has 1 aliphatic carbocycles. The van der Waals surface area contributed by atoms with Crippen LogP contribution < -0.4 is 5.73 Å². The van der Waals surface area contributed by atoms with Gasteiger partial charge in [0.15, 0.2) is 0 Å². The van der Waals surface area contributed by atoms with E-state index in [0.717, 1.165) is 25.7 Å². The Balaban J connectivity index is 2.62. The molecular formula is C8H16N2O2. The highest BCUT2D eigenvalue weighted by Gasteiger charge is 2.34. The fraction of sp³-hybridized carbons (Fsp3) is 0.875. The fourth-order valence-corrected chi connectivity index (χ4v) is 1.69. The molecule has 0 bridgehead atoms. The van der Waals surface area contributed by atoms with Crippen molar-refractivity contribution in [2.45, 2.75) is 37.8 Å². The van der Waals surface area contributed by atoms with Crippen LogP contribution in [0.1, 0.15) is 32.1 Å². The van der Waals surface area contributed by atoms with E-state index in [4.69, 9.17) is 10.8 Å². The zero-order chi connectivity index (χ0) is 9.19. The van der Waals surface area contributed by atoms with E-state index in [0.29, 0.717) is 0 Å². The van der Waals surface area contributed by atoms with Crippen LogP contribution in [0.4, 0.5) is 4.79 Å². The van der Waals surface area contributed by atoms with Crippen LogP contribution in [0.25, 0.3) is 0 Å². The van der Waals surface area contributed by atoms with Gasteiger partial charge in [0, 0.05) is 7.05 Å². The molecule has 1 aliphatic rings. The molecule has 0 spiro atoms. The quantitative estimate of drug-likeness (QED) is 0.584. The molecular weight excluding hydrogens is 156 g/mol. The van der Waals surface area contributed by atoms with Crippen molar-refractivity contribution in [3.05, 3.63) is 0 Å². The second-order valence-electron chi connectivity index (χ2n) is 3.51. The first kappa shape index (κ1) is 9.32. The van der Waals surface area contributed by atoms with Crippen LogP contribution in [0.15, 0.2) is 0 Å². The monoisotopic (exact) mass is 172 g/mol. The van der Waals surface area contributed by atoms with Crippen molar-refractivity contribution in [3.63, 3.8) is 0 Å². The molecule has 1 fully saturated rings. The molecule has 0 aromatic carbocycles. The van der Waals surface area contributed by atoms with E-state index in [1.54, 1.807) is 7.05 Å². The van der Waals surface area contributed by atoms with E-state index in [-0.39, 0.29) is 0 Å². The lowest BCUT2D eigenvalue weighted by atomic mass is 9.89. The minimum atomic E-state index is -0.931. The van der Waals surface area contributed by atoms with Crippen LogP contribution in [-0.4, -0.2) is 28.8 Å². The second-order valence-corrected chi connectivity index (χ2v) is 3.51. The van der Waals surface area contributed by atoms with E-state index >= 15 is 0 Å². The Bertz CT molecular complexity index is 176. The lowest BCUT2D eigenvalue weighted by molar-refractivity contribution is 0.0714. The molecule has 0 saturated heterocycles. The van der Waals surface area contributed by atoms with Gasteiger partial charge in [-0.15, -0.1) is 0 Å². The number of nitrogens with zero attached hydrogens (tertiary/aromatic N) is 1. The summed E-state index contributed by atoms with van der Waals surface area (Å²) in [5, 5.41) is 8.75. The predicted molar refractivity (Wildman–Crippen MR) is 45.8 cm³/mol. The first-order valence-corrected chi connectivity index (χ1v) is 4.32. The van der Waals surface area contributed by atoms with Gasteiger partial charge in [-0.25, -0.2) is 4.79 Å². The van der Waals surface area contributed by atoms with Gasteiger partial charge in [0.1, 0.15) is 0 Å². The van der Waals surface area contributed by atoms with Crippen molar-refractivity contribution in [1.82, 2.24) is 4.90 Å². The van der Waals surface area contributed by atoms with Crippen LogP contribution in [0.2, 0.25) is 0 Å². The Kier molecular flexibility index (Phi) is 2.57. The minimum Gasteiger partial charge on any atom is -0.465 e. The average molecular weight is 172 g/mol. The normalized spacial score (nSPS) is 21.8. The minimum absolute atomic E-state index is 0.607. The SMILES string of the molecule is CN(C(=O)O)C1(N)CCCCC1. The Morgan fingerprint density at radius 2 is 1.92 bits per heavy atom. The summed E-state index contributed by atoms with van der Waals surface area (Å²) < 4.78 is 0. The highest BCUT2D eigenvalue weighted by Crippen LogP contribution is 2.27. The van der Waals surface area contributed by atoms with Gasteiger partial charge < -0.3 is 10.8 Å². The van der Waals surface area contributed by atoms with Gasteiger partial charge in [0.05, 0.1) is 5.66 Å². The summed E-state index contributed by atoms with van der Waals surface area (Å²) in [7, 11) is 1.55. The van der Waals surface area contributed by atoms with E-state index in [2.05, 4.69) is 0 Å². The van der Waals surface area contributed by atoms with Crippen molar-refractivity contribution in [1.29, 1.82) is 0 Å². The average Bonchev–Trinajstić information content (AvgIpc) is 2.04. The van der Waals surface area contributed by atoms with E-state index in [1.165, 1.54) is 11.3 Å². The molecule has 4 heteroatoms. The molecule has 70 valence electrons. The van der Waals surface area contributed by atoms with Gasteiger partial charge in [-0.1, -0.05) is 6.42 Å². The van der Waals surface area contributed by atoms with Gasteiger partial charge in [0.25, 0.3) is 0 Å². The standard InChI is InChI=1S/C8H16N2O2/c1-10(7(11)12)8(9)5-3-2-4-6-8/h2-6,9H2,1H3,(H,11,12). The number of nitrogens with two attached hydrogens (primary N) is 1. The molecule has 4 nitrogen and oxygen atoms in total. The number of carboxylic acid groups (broad SMARTS) is 1. The summed E-state index contributed by atoms with van der Waals surface area (Å²) in [6.45, 7) is 0. The number of hydrogen-bond acceptors (Lipinski definition) is 2. The summed E-state index contributed by atoms with van der Waals surface area (Å²) in [6.07, 6.45) is 3.89. The topological polar surface area (TPSA) is 66.6 Å². The Labute approximate surface area is 72.3 Å². The largest absolute Gasteiger partial charge is 0.465 e. The maximum Gasteiger partial charge on any atom is 0.408 e. The molecule has 0 heterocycles. The summed E-state index contributed by atoms with van der Waals surface area (Å²) in [5.41, 5.74) is 5.34. The molecule has 1 amide bonds. The van der Waals surface area contributed by atoms with Crippen LogP contribution >= 0.6 is 0 Å². The van der Waals surface area contributed by atoms with Crippen molar-refractivity contribution in [2.75, 3.05) is 7.05 Å². The van der Waals surface area contributed by atoms with Gasteiger partial charge in [-0.05, 0) is 25.7 Å². The molecule has 0 radical (unpaired) electrons. The lowest BCUT2D eigenvalue weighted by Crippen LogP contribution is -2.57. The summed E-state index contributed by atoms with van der Waals surface area (Å²) in [6, 6.07) is 0. The van der Waals surface area contributed by atoms with Gasteiger partial charge >= 0.3 is 6.09 Å². The van der Waals surface area contributed by atoms with E-state index < -0.39 is 11.8 Å². The Morgan fingerprint density at radius 3 is 2.33 bits per heavy atom. The zero-order valence-electron chi connectivity index (χ0n) is 7.42. The van der Waals surface area contributed by atoms with Crippen LogP contribution in [0, 0.1) is 0 Å². The third-order valence-electron chi connectivity index (χ3n) is 2.67. The molecule has 0 atom stereocenters. The van der Waals surface area contributed by atoms with Crippen LogP contribution in [0.3, 0.4) is 0 Å². The maximum atomic E-state index is 10.6. The predicted octanol–water partition coefficient (Wildman–Crippen LogP) is 1.22. The molecule has 0 aromatic rings. The fourth-order valence-electron chi connectivity index (χ4n) is 1.69. The molecule has 12 heavy (non-hydrogen) atoms. The molecule has 3 N–H and O–H groups in total. The number of rotatable bonds is 1. The van der Waals surface area contributed by atoms with E-state index in [1.807, 2.05) is 0 Å². The lowest BCUT2D eigenvalue weighted by Gasteiger charge is -2.39. The molecule has 1 rings (SSSR count). The molecule has 1 saturated carbocycles. The van der Waals surface area contributed by atoms with Crippen LogP contribution in [0.5, 0.6) is 0 Å².